The summed E-state index contributed by atoms with van der Waals surface area (Å²) in [6, 6.07) is 13.8. The van der Waals surface area contributed by atoms with E-state index in [1.165, 1.54) is 28.2 Å². The summed E-state index contributed by atoms with van der Waals surface area (Å²) in [6.45, 7) is 0.185. The van der Waals surface area contributed by atoms with E-state index in [9.17, 15) is 14.4 Å². The molecule has 2 amide bonds. The maximum absolute atomic E-state index is 13.4. The summed E-state index contributed by atoms with van der Waals surface area (Å²) in [6.07, 6.45) is 0.308. The van der Waals surface area contributed by atoms with Crippen LogP contribution in [0.1, 0.15) is 33.9 Å². The van der Waals surface area contributed by atoms with Gasteiger partial charge in [0, 0.05) is 30.3 Å². The van der Waals surface area contributed by atoms with Crippen molar-refractivity contribution in [1.29, 1.82) is 0 Å². The van der Waals surface area contributed by atoms with E-state index in [0.29, 0.717) is 27.7 Å². The van der Waals surface area contributed by atoms with E-state index in [0.717, 1.165) is 5.01 Å². The third-order valence-electron chi connectivity index (χ3n) is 5.99. The van der Waals surface area contributed by atoms with Gasteiger partial charge in [0.2, 0.25) is 11.6 Å². The van der Waals surface area contributed by atoms with Gasteiger partial charge in [0.15, 0.2) is 0 Å². The molecular formula is C24H20ClN3O5S. The number of aromatic nitrogens is 1. The number of hydrogen-bond acceptors (Lipinski definition) is 7. The van der Waals surface area contributed by atoms with Gasteiger partial charge in [-0.1, -0.05) is 23.7 Å². The number of halogens is 1. The SMILES string of the molecule is CN1C(=O)c2ccccc2N2C(=O)CCC12C(=O)OCc1csc(COc2ccc(Cl)cc2)n1. The van der Waals surface area contributed by atoms with Crippen molar-refractivity contribution in [2.24, 2.45) is 0 Å². The number of anilines is 1. The van der Waals surface area contributed by atoms with Crippen molar-refractivity contribution >= 4 is 46.4 Å². The number of ether oxygens (including phenoxy) is 2. The number of carbonyl (C=O) groups is 3. The zero-order chi connectivity index (χ0) is 23.9. The number of benzene rings is 2. The molecule has 3 heterocycles. The highest BCUT2D eigenvalue weighted by Gasteiger charge is 2.60. The lowest BCUT2D eigenvalue weighted by molar-refractivity contribution is -0.158. The first-order chi connectivity index (χ1) is 16.4. The summed E-state index contributed by atoms with van der Waals surface area (Å²) in [4.78, 5) is 46.3. The second kappa shape index (κ2) is 8.73. The monoisotopic (exact) mass is 497 g/mol. The first kappa shape index (κ1) is 22.4. The third kappa shape index (κ3) is 3.70. The summed E-state index contributed by atoms with van der Waals surface area (Å²) in [7, 11) is 1.53. The largest absolute Gasteiger partial charge is 0.486 e. The standard InChI is InChI=1S/C24H20ClN3O5S/c1-27-22(30)18-4-2-3-5-19(18)28-21(29)10-11-24(27,28)23(31)33-12-16-14-34-20(26-16)13-32-17-8-6-15(25)7-9-17/h2-9,14H,10-13H2,1H3. The van der Waals surface area contributed by atoms with Gasteiger partial charge in [-0.3, -0.25) is 14.5 Å². The number of nitrogens with zero attached hydrogens (tertiary/aromatic N) is 3. The number of rotatable bonds is 6. The number of para-hydroxylation sites is 1. The van der Waals surface area contributed by atoms with Crippen molar-refractivity contribution in [1.82, 2.24) is 9.88 Å². The molecule has 8 nitrogen and oxygen atoms in total. The molecule has 0 saturated carbocycles. The fourth-order valence-electron chi connectivity index (χ4n) is 4.30. The molecule has 1 atom stereocenters. The summed E-state index contributed by atoms with van der Waals surface area (Å²) >= 11 is 7.27. The zero-order valence-corrected chi connectivity index (χ0v) is 19.8. The molecule has 0 bridgehead atoms. The number of hydrogen-bond donors (Lipinski definition) is 0. The van der Waals surface area contributed by atoms with Crippen LogP contribution in [0.5, 0.6) is 5.75 Å². The minimum Gasteiger partial charge on any atom is -0.486 e. The Bertz CT molecular complexity index is 1280. The Labute approximate surface area is 204 Å². The van der Waals surface area contributed by atoms with Gasteiger partial charge in [-0.15, -0.1) is 11.3 Å². The highest BCUT2D eigenvalue weighted by atomic mass is 35.5. The summed E-state index contributed by atoms with van der Waals surface area (Å²) < 4.78 is 11.3. The van der Waals surface area contributed by atoms with Crippen molar-refractivity contribution in [3.05, 3.63) is 75.2 Å². The molecule has 2 aliphatic rings. The lowest BCUT2D eigenvalue weighted by Crippen LogP contribution is -2.67. The molecule has 1 fully saturated rings. The highest BCUT2D eigenvalue weighted by Crippen LogP contribution is 2.44. The van der Waals surface area contributed by atoms with Crippen molar-refractivity contribution in [2.45, 2.75) is 31.7 Å². The van der Waals surface area contributed by atoms with E-state index in [1.807, 2.05) is 0 Å². The minimum absolute atomic E-state index is 0.0796. The normalized spacial score (nSPS) is 19.1. The zero-order valence-electron chi connectivity index (χ0n) is 18.2. The number of carbonyl (C=O) groups excluding carboxylic acids is 3. The number of amides is 2. The van der Waals surface area contributed by atoms with Crippen molar-refractivity contribution in [3.63, 3.8) is 0 Å². The van der Waals surface area contributed by atoms with Crippen LogP contribution >= 0.6 is 22.9 Å². The average Bonchev–Trinajstić information content (AvgIpc) is 3.45. The van der Waals surface area contributed by atoms with E-state index >= 15 is 0 Å². The Hall–Kier alpha value is -3.43. The van der Waals surface area contributed by atoms with Crippen LogP contribution in [-0.4, -0.2) is 40.4 Å². The summed E-state index contributed by atoms with van der Waals surface area (Å²) in [5.41, 5.74) is -0.127. The number of thiazole rings is 1. The Morgan fingerprint density at radius 2 is 1.91 bits per heavy atom. The Morgan fingerprint density at radius 1 is 1.15 bits per heavy atom. The molecule has 0 N–H and O–H groups in total. The lowest BCUT2D eigenvalue weighted by Gasteiger charge is -2.46. The maximum Gasteiger partial charge on any atom is 0.354 e. The molecule has 2 aromatic carbocycles. The van der Waals surface area contributed by atoms with Crippen LogP contribution in [0.25, 0.3) is 0 Å². The predicted octanol–water partition coefficient (Wildman–Crippen LogP) is 4.03. The molecule has 1 aromatic heterocycles. The Morgan fingerprint density at radius 3 is 2.71 bits per heavy atom. The first-order valence-electron chi connectivity index (χ1n) is 10.6. The van der Waals surface area contributed by atoms with E-state index in [2.05, 4.69) is 4.98 Å². The predicted molar refractivity (Wildman–Crippen MR) is 126 cm³/mol. The second-order valence-corrected chi connectivity index (χ2v) is 9.36. The highest BCUT2D eigenvalue weighted by molar-refractivity contribution is 7.09. The topological polar surface area (TPSA) is 89.0 Å². The van der Waals surface area contributed by atoms with Crippen LogP contribution in [-0.2, 0) is 27.5 Å². The fraction of sp³-hybridized carbons (Fsp3) is 0.250. The van der Waals surface area contributed by atoms with E-state index in [4.69, 9.17) is 21.1 Å². The Kier molecular flexibility index (Phi) is 5.75. The molecule has 0 spiro atoms. The molecule has 34 heavy (non-hydrogen) atoms. The van der Waals surface area contributed by atoms with Crippen molar-refractivity contribution in [3.8, 4) is 5.75 Å². The second-order valence-electron chi connectivity index (χ2n) is 7.98. The van der Waals surface area contributed by atoms with E-state index < -0.39 is 11.6 Å². The third-order valence-corrected chi connectivity index (χ3v) is 7.12. The number of likely N-dealkylation sites (N-methyl/N-ethyl adjacent to an activating group) is 1. The van der Waals surface area contributed by atoms with Crippen LogP contribution in [0, 0.1) is 0 Å². The molecule has 2 aliphatic heterocycles. The Balaban J connectivity index is 1.29. The molecule has 5 rings (SSSR count). The van der Waals surface area contributed by atoms with E-state index in [1.54, 1.807) is 53.9 Å². The lowest BCUT2D eigenvalue weighted by atomic mass is 9.97. The van der Waals surface area contributed by atoms with Gasteiger partial charge in [-0.25, -0.2) is 9.78 Å². The van der Waals surface area contributed by atoms with Crippen molar-refractivity contribution in [2.75, 3.05) is 11.9 Å². The fourth-order valence-corrected chi connectivity index (χ4v) is 5.12. The molecule has 10 heteroatoms. The molecular weight excluding hydrogens is 478 g/mol. The van der Waals surface area contributed by atoms with E-state index in [-0.39, 0.29) is 37.9 Å². The van der Waals surface area contributed by atoms with Crippen LogP contribution in [0.4, 0.5) is 5.69 Å². The maximum atomic E-state index is 13.4. The van der Waals surface area contributed by atoms with Crippen LogP contribution in [0.3, 0.4) is 0 Å². The molecule has 3 aromatic rings. The molecule has 0 radical (unpaired) electrons. The number of esters is 1. The molecule has 1 saturated heterocycles. The van der Waals surface area contributed by atoms with Gasteiger partial charge in [0.05, 0.1) is 16.9 Å². The minimum atomic E-state index is -1.50. The van der Waals surface area contributed by atoms with Gasteiger partial charge >= 0.3 is 5.97 Å². The van der Waals surface area contributed by atoms with Gasteiger partial charge < -0.3 is 14.4 Å². The molecule has 0 aliphatic carbocycles. The van der Waals surface area contributed by atoms with Gasteiger partial charge in [0.25, 0.3) is 5.91 Å². The molecule has 174 valence electrons. The average molecular weight is 498 g/mol. The molecule has 1 unspecified atom stereocenters. The van der Waals surface area contributed by atoms with Gasteiger partial charge in [-0.05, 0) is 36.4 Å². The smallest absolute Gasteiger partial charge is 0.354 e. The van der Waals surface area contributed by atoms with Crippen molar-refractivity contribution < 1.29 is 23.9 Å². The summed E-state index contributed by atoms with van der Waals surface area (Å²) in [5.74, 6) is -0.536. The first-order valence-corrected chi connectivity index (χ1v) is 11.8. The summed E-state index contributed by atoms with van der Waals surface area (Å²) in [5, 5.41) is 3.13. The van der Waals surface area contributed by atoms with Crippen LogP contribution < -0.4 is 9.64 Å². The number of fused-ring (bicyclic) bond motifs is 3. The van der Waals surface area contributed by atoms with Crippen LogP contribution in [0.15, 0.2) is 53.9 Å². The van der Waals surface area contributed by atoms with Gasteiger partial charge in [0.1, 0.15) is 24.0 Å². The van der Waals surface area contributed by atoms with Gasteiger partial charge in [-0.2, -0.15) is 0 Å². The van der Waals surface area contributed by atoms with Crippen LogP contribution in [0.2, 0.25) is 5.02 Å². The quantitative estimate of drug-likeness (QED) is 0.478.